The van der Waals surface area contributed by atoms with Crippen molar-refractivity contribution in [1.29, 1.82) is 0 Å². The summed E-state index contributed by atoms with van der Waals surface area (Å²) in [6.45, 7) is 3.05. The first-order chi connectivity index (χ1) is 4.92. The Bertz CT molecular complexity index is 133. The molecule has 4 heteroatoms. The van der Waals surface area contributed by atoms with Crippen molar-refractivity contribution in [1.82, 2.24) is 8.85 Å². The maximum absolute atomic E-state index is 5.55. The van der Waals surface area contributed by atoms with E-state index in [1.807, 2.05) is 0 Å². The summed E-state index contributed by atoms with van der Waals surface area (Å²) >= 11 is 2.21. The Labute approximate surface area is 74.4 Å². The molecule has 0 aliphatic carbocycles. The molecule has 3 nitrogen and oxygen atoms in total. The minimum absolute atomic E-state index is 0.479. The van der Waals surface area contributed by atoms with Crippen LogP contribution in [0.4, 0.5) is 0 Å². The van der Waals surface area contributed by atoms with E-state index in [-0.39, 0.29) is 0 Å². The highest BCUT2D eigenvalue weighted by molar-refractivity contribution is 14.1. The fourth-order valence-corrected chi connectivity index (χ4v) is 2.36. The average molecular weight is 254 g/mol. The fraction of sp³-hybridized carbons (Fsp3) is 1.00. The molecule has 58 valence electrons. The molecule has 0 aromatic carbocycles. The summed E-state index contributed by atoms with van der Waals surface area (Å²) in [4.78, 5) is 0. The lowest BCUT2D eigenvalue weighted by Gasteiger charge is -2.11. The predicted octanol–water partition coefficient (Wildman–Crippen LogP) is -0.0872. The van der Waals surface area contributed by atoms with Gasteiger partial charge >= 0.3 is 0 Å². The smallest absolute Gasteiger partial charge is 0.0756 e. The molecule has 2 N–H and O–H groups in total. The summed E-state index contributed by atoms with van der Waals surface area (Å²) in [7, 11) is 0. The standard InChI is InChI=1S/C6H11IN2O/c7-9-5-3-10-6-2-8-1-4(5)6/h4-6,8-9H,1-3H2. The molecular formula is C6H11IN2O. The lowest BCUT2D eigenvalue weighted by molar-refractivity contribution is 0.111. The number of hydrogen-bond donors (Lipinski definition) is 2. The van der Waals surface area contributed by atoms with Gasteiger partial charge in [0.25, 0.3) is 0 Å². The molecule has 2 rings (SSSR count). The summed E-state index contributed by atoms with van der Waals surface area (Å²) in [6, 6.07) is 0.570. The molecule has 0 radical (unpaired) electrons. The molecule has 3 unspecified atom stereocenters. The van der Waals surface area contributed by atoms with Crippen LogP contribution in [0.5, 0.6) is 0 Å². The molecule has 0 spiro atoms. The normalized spacial score (nSPS) is 45.9. The predicted molar refractivity (Wildman–Crippen MR) is 47.0 cm³/mol. The average Bonchev–Trinajstić information content (AvgIpc) is 2.44. The first-order valence-electron chi connectivity index (χ1n) is 3.60. The highest BCUT2D eigenvalue weighted by Crippen LogP contribution is 2.24. The van der Waals surface area contributed by atoms with Gasteiger partial charge in [0.2, 0.25) is 0 Å². The molecule has 0 saturated carbocycles. The van der Waals surface area contributed by atoms with E-state index in [1.165, 1.54) is 0 Å². The van der Waals surface area contributed by atoms with E-state index < -0.39 is 0 Å². The molecular weight excluding hydrogens is 243 g/mol. The second-order valence-corrected chi connectivity index (χ2v) is 3.53. The van der Waals surface area contributed by atoms with Crippen LogP contribution in [0.2, 0.25) is 0 Å². The second-order valence-electron chi connectivity index (χ2n) is 2.91. The summed E-state index contributed by atoms with van der Waals surface area (Å²) in [6.07, 6.45) is 0.479. The van der Waals surface area contributed by atoms with E-state index in [0.29, 0.717) is 18.1 Å². The van der Waals surface area contributed by atoms with Crippen LogP contribution in [0.15, 0.2) is 0 Å². The molecule has 2 aliphatic heterocycles. The number of nitrogens with one attached hydrogen (secondary N) is 2. The third-order valence-electron chi connectivity index (χ3n) is 2.35. The zero-order valence-electron chi connectivity index (χ0n) is 5.64. The van der Waals surface area contributed by atoms with Crippen molar-refractivity contribution in [2.75, 3.05) is 19.7 Å². The van der Waals surface area contributed by atoms with Gasteiger partial charge in [-0.1, -0.05) is 0 Å². The van der Waals surface area contributed by atoms with Crippen molar-refractivity contribution >= 4 is 22.9 Å². The van der Waals surface area contributed by atoms with Gasteiger partial charge in [-0.25, -0.2) is 0 Å². The number of rotatable bonds is 1. The van der Waals surface area contributed by atoms with E-state index in [9.17, 15) is 0 Å². The van der Waals surface area contributed by atoms with Gasteiger partial charge in [0.1, 0.15) is 0 Å². The molecule has 0 bridgehead atoms. The summed E-state index contributed by atoms with van der Waals surface area (Å²) in [5.74, 6) is 0.705. The van der Waals surface area contributed by atoms with Crippen molar-refractivity contribution in [2.45, 2.75) is 12.1 Å². The van der Waals surface area contributed by atoms with Crippen LogP contribution in [0.25, 0.3) is 0 Å². The summed E-state index contributed by atoms with van der Waals surface area (Å²) < 4.78 is 8.79. The maximum atomic E-state index is 5.55. The van der Waals surface area contributed by atoms with Crippen molar-refractivity contribution in [2.24, 2.45) is 5.92 Å². The van der Waals surface area contributed by atoms with Crippen molar-refractivity contribution in [3.63, 3.8) is 0 Å². The first-order valence-corrected chi connectivity index (χ1v) is 4.68. The lowest BCUT2D eigenvalue weighted by Crippen LogP contribution is -2.31. The largest absolute Gasteiger partial charge is 0.375 e. The van der Waals surface area contributed by atoms with Crippen molar-refractivity contribution in [3.05, 3.63) is 0 Å². The molecule has 10 heavy (non-hydrogen) atoms. The Morgan fingerprint density at radius 2 is 2.40 bits per heavy atom. The van der Waals surface area contributed by atoms with E-state index in [2.05, 4.69) is 31.7 Å². The van der Waals surface area contributed by atoms with Crippen LogP contribution >= 0.6 is 22.9 Å². The number of halogens is 1. The summed E-state index contributed by atoms with van der Waals surface area (Å²) in [5, 5.41) is 3.32. The van der Waals surface area contributed by atoms with Crippen LogP contribution in [0.1, 0.15) is 0 Å². The van der Waals surface area contributed by atoms with Crippen LogP contribution in [0.3, 0.4) is 0 Å². The molecule has 0 aromatic rings. The molecule has 0 aromatic heterocycles. The Morgan fingerprint density at radius 3 is 3.20 bits per heavy atom. The molecule has 2 aliphatic rings. The Balaban J connectivity index is 2.01. The van der Waals surface area contributed by atoms with Crippen LogP contribution in [-0.2, 0) is 4.74 Å². The highest BCUT2D eigenvalue weighted by Gasteiger charge is 2.39. The first kappa shape index (κ1) is 7.27. The molecule has 2 fully saturated rings. The highest BCUT2D eigenvalue weighted by atomic mass is 127. The molecule has 0 amide bonds. The van der Waals surface area contributed by atoms with Gasteiger partial charge in [-0.05, 0) is 0 Å². The van der Waals surface area contributed by atoms with E-state index in [1.54, 1.807) is 0 Å². The third kappa shape index (κ3) is 1.07. The number of ether oxygens (including phenoxy) is 1. The maximum Gasteiger partial charge on any atom is 0.0756 e. The number of hydrogen-bond acceptors (Lipinski definition) is 3. The zero-order valence-corrected chi connectivity index (χ0v) is 7.80. The third-order valence-corrected chi connectivity index (χ3v) is 3.15. The van der Waals surface area contributed by atoms with Gasteiger partial charge < -0.3 is 10.1 Å². The van der Waals surface area contributed by atoms with Gasteiger partial charge in [0.15, 0.2) is 0 Å². The van der Waals surface area contributed by atoms with Gasteiger partial charge in [-0.2, -0.15) is 0 Å². The van der Waals surface area contributed by atoms with E-state index in [4.69, 9.17) is 4.74 Å². The van der Waals surface area contributed by atoms with Crippen LogP contribution in [-0.4, -0.2) is 31.8 Å². The van der Waals surface area contributed by atoms with Crippen molar-refractivity contribution < 1.29 is 4.74 Å². The summed E-state index contributed by atoms with van der Waals surface area (Å²) in [5.41, 5.74) is 0. The zero-order chi connectivity index (χ0) is 6.97. The lowest BCUT2D eigenvalue weighted by atomic mass is 10.0. The number of fused-ring (bicyclic) bond motifs is 1. The SMILES string of the molecule is INC1COC2CNCC12. The second kappa shape index (κ2) is 2.92. The molecule has 2 heterocycles. The van der Waals surface area contributed by atoms with Crippen molar-refractivity contribution in [3.8, 4) is 0 Å². The van der Waals surface area contributed by atoms with Gasteiger partial charge in [0.05, 0.1) is 12.7 Å². The van der Waals surface area contributed by atoms with Crippen LogP contribution < -0.4 is 8.85 Å². The Kier molecular flexibility index (Phi) is 2.13. The van der Waals surface area contributed by atoms with Gasteiger partial charge in [0, 0.05) is 47.9 Å². The topological polar surface area (TPSA) is 33.3 Å². The Morgan fingerprint density at radius 1 is 1.50 bits per heavy atom. The minimum atomic E-state index is 0.479. The van der Waals surface area contributed by atoms with E-state index >= 15 is 0 Å². The molecule has 2 saturated heterocycles. The molecule has 3 atom stereocenters. The monoisotopic (exact) mass is 254 g/mol. The Hall–Kier alpha value is 0.610. The van der Waals surface area contributed by atoms with Crippen LogP contribution in [0, 0.1) is 5.92 Å². The fourth-order valence-electron chi connectivity index (χ4n) is 1.72. The quantitative estimate of drug-likeness (QED) is 0.507. The van der Waals surface area contributed by atoms with Gasteiger partial charge in [-0.15, -0.1) is 0 Å². The minimum Gasteiger partial charge on any atom is -0.375 e. The van der Waals surface area contributed by atoms with Gasteiger partial charge in [-0.3, -0.25) is 3.53 Å². The van der Waals surface area contributed by atoms with E-state index in [0.717, 1.165) is 19.7 Å².